The molecule has 0 saturated heterocycles. The normalized spacial score (nSPS) is 11.8. The van der Waals surface area contributed by atoms with Gasteiger partial charge < -0.3 is 5.11 Å². The average molecular weight is 337 g/mol. The van der Waals surface area contributed by atoms with E-state index in [2.05, 4.69) is 5.10 Å². The zero-order valence-corrected chi connectivity index (χ0v) is 12.8. The molecule has 2 N–H and O–H groups in total. The molecule has 1 aromatic heterocycles. The lowest BCUT2D eigenvalue weighted by Crippen LogP contribution is -2.03. The third-order valence-electron chi connectivity index (χ3n) is 2.84. The van der Waals surface area contributed by atoms with Gasteiger partial charge in [-0.15, -0.1) is 0 Å². The van der Waals surface area contributed by atoms with Gasteiger partial charge in [0.15, 0.2) is 0 Å². The number of rotatable bonds is 2. The molecule has 1 heterocycles. The van der Waals surface area contributed by atoms with Crippen molar-refractivity contribution in [2.45, 2.75) is 18.7 Å². The Hall–Kier alpha value is -1.28. The first-order valence-electron chi connectivity index (χ1n) is 5.35. The van der Waals surface area contributed by atoms with E-state index in [1.165, 1.54) is 6.07 Å². The molecular weight excluding hydrogens is 327 g/mol. The highest BCUT2D eigenvalue weighted by Gasteiger charge is 2.20. The maximum absolute atomic E-state index is 11.1. The van der Waals surface area contributed by atoms with Crippen molar-refractivity contribution in [3.8, 4) is 11.6 Å². The van der Waals surface area contributed by atoms with Crippen LogP contribution in [0.3, 0.4) is 0 Å². The van der Waals surface area contributed by atoms with Gasteiger partial charge in [-0.05, 0) is 26.0 Å². The number of benzene rings is 1. The Kier molecular flexibility index (Phi) is 3.72. The summed E-state index contributed by atoms with van der Waals surface area (Å²) in [5, 5.41) is 13.8. The molecule has 108 valence electrons. The van der Waals surface area contributed by atoms with E-state index in [0.717, 1.165) is 10.7 Å². The monoisotopic (exact) mass is 336 g/mol. The van der Waals surface area contributed by atoms with E-state index in [0.29, 0.717) is 11.3 Å². The third kappa shape index (κ3) is 2.49. The van der Waals surface area contributed by atoms with E-state index in [1.807, 2.05) is 0 Å². The summed E-state index contributed by atoms with van der Waals surface area (Å²) in [6.45, 7) is 3.38. The van der Waals surface area contributed by atoms with Gasteiger partial charge in [0.25, 0.3) is 10.1 Å². The van der Waals surface area contributed by atoms with Crippen LogP contribution in [0.4, 0.5) is 0 Å². The fraction of sp³-hybridized carbons (Fsp3) is 0.182. The van der Waals surface area contributed by atoms with Crippen molar-refractivity contribution in [1.82, 2.24) is 9.78 Å². The molecule has 1 aromatic carbocycles. The van der Waals surface area contributed by atoms with Crippen LogP contribution >= 0.6 is 23.2 Å². The van der Waals surface area contributed by atoms with Gasteiger partial charge in [0.05, 0.1) is 21.4 Å². The van der Waals surface area contributed by atoms with E-state index in [1.54, 1.807) is 13.8 Å². The molecular formula is C11H10Cl2N2O4S. The van der Waals surface area contributed by atoms with Crippen molar-refractivity contribution >= 4 is 33.3 Å². The fourth-order valence-corrected chi connectivity index (χ4v) is 2.97. The molecule has 0 aliphatic heterocycles. The molecule has 0 spiro atoms. The van der Waals surface area contributed by atoms with E-state index in [4.69, 9.17) is 27.8 Å². The molecule has 0 bridgehead atoms. The maximum Gasteiger partial charge on any atom is 0.296 e. The molecule has 0 atom stereocenters. The predicted molar refractivity (Wildman–Crippen MR) is 74.5 cm³/mol. The molecule has 0 fully saturated rings. The summed E-state index contributed by atoms with van der Waals surface area (Å²) in [7, 11) is -4.48. The number of aryl methyl sites for hydroxylation is 1. The standard InChI is InChI=1S/C11H10Cl2N2O4S/c1-5-6(2)14-15(11(5)16)9-3-8(13)10(4-7(9)12)20(17,18)19/h3-4,16H,1-2H3,(H,17,18,19). The second-order valence-corrected chi connectivity index (χ2v) is 6.36. The molecule has 0 aliphatic rings. The molecule has 20 heavy (non-hydrogen) atoms. The molecule has 0 radical (unpaired) electrons. The van der Waals surface area contributed by atoms with Gasteiger partial charge in [-0.25, -0.2) is 0 Å². The second kappa shape index (κ2) is 4.92. The van der Waals surface area contributed by atoms with Gasteiger partial charge in [-0.3, -0.25) is 4.55 Å². The fourth-order valence-electron chi connectivity index (χ4n) is 1.64. The van der Waals surface area contributed by atoms with Crippen LogP contribution in [0.5, 0.6) is 5.88 Å². The lowest BCUT2D eigenvalue weighted by atomic mass is 10.3. The van der Waals surface area contributed by atoms with Crippen molar-refractivity contribution in [3.05, 3.63) is 33.4 Å². The van der Waals surface area contributed by atoms with Crippen molar-refractivity contribution in [3.63, 3.8) is 0 Å². The highest BCUT2D eigenvalue weighted by atomic mass is 35.5. The van der Waals surface area contributed by atoms with Crippen LogP contribution in [0.1, 0.15) is 11.3 Å². The molecule has 9 heteroatoms. The summed E-state index contributed by atoms with van der Waals surface area (Å²) in [6.07, 6.45) is 0. The quantitative estimate of drug-likeness (QED) is 0.822. The summed E-state index contributed by atoms with van der Waals surface area (Å²) >= 11 is 11.8. The predicted octanol–water partition coefficient (Wildman–Crippen LogP) is 2.75. The Labute approximate surface area is 125 Å². The molecule has 0 unspecified atom stereocenters. The van der Waals surface area contributed by atoms with Gasteiger partial charge in [0, 0.05) is 5.56 Å². The van der Waals surface area contributed by atoms with Crippen molar-refractivity contribution in [2.75, 3.05) is 0 Å². The van der Waals surface area contributed by atoms with Crippen LogP contribution in [-0.4, -0.2) is 27.9 Å². The summed E-state index contributed by atoms with van der Waals surface area (Å²) in [6, 6.07) is 2.21. The average Bonchev–Trinajstić information content (AvgIpc) is 2.58. The minimum Gasteiger partial charge on any atom is -0.493 e. The van der Waals surface area contributed by atoms with E-state index >= 15 is 0 Å². The van der Waals surface area contributed by atoms with Crippen LogP contribution in [0.2, 0.25) is 10.0 Å². The van der Waals surface area contributed by atoms with E-state index < -0.39 is 15.0 Å². The van der Waals surface area contributed by atoms with Crippen LogP contribution in [0.25, 0.3) is 5.69 Å². The maximum atomic E-state index is 11.1. The van der Waals surface area contributed by atoms with Crippen LogP contribution in [-0.2, 0) is 10.1 Å². The van der Waals surface area contributed by atoms with Gasteiger partial charge in [-0.2, -0.15) is 18.2 Å². The minimum absolute atomic E-state index is 0.0279. The summed E-state index contributed by atoms with van der Waals surface area (Å²) in [4.78, 5) is -0.506. The SMILES string of the molecule is Cc1nn(-c2cc(Cl)c(S(=O)(=O)O)cc2Cl)c(O)c1C. The van der Waals surface area contributed by atoms with Crippen molar-refractivity contribution in [1.29, 1.82) is 0 Å². The van der Waals surface area contributed by atoms with Crippen LogP contribution in [0, 0.1) is 13.8 Å². The molecule has 0 aliphatic carbocycles. The summed E-state index contributed by atoms with van der Waals surface area (Å²) in [5.74, 6) is -0.125. The first-order chi connectivity index (χ1) is 9.12. The first-order valence-corrected chi connectivity index (χ1v) is 7.54. The van der Waals surface area contributed by atoms with Gasteiger partial charge in [0.2, 0.25) is 5.88 Å². The van der Waals surface area contributed by atoms with E-state index in [9.17, 15) is 13.5 Å². The molecule has 2 rings (SSSR count). The number of aromatic nitrogens is 2. The lowest BCUT2D eigenvalue weighted by molar-refractivity contribution is 0.430. The molecule has 2 aromatic rings. The highest BCUT2D eigenvalue weighted by Crippen LogP contribution is 2.33. The summed E-state index contributed by atoms with van der Waals surface area (Å²) in [5.41, 5.74) is 1.36. The Balaban J connectivity index is 2.72. The number of hydrogen-bond donors (Lipinski definition) is 2. The zero-order chi connectivity index (χ0) is 15.2. The smallest absolute Gasteiger partial charge is 0.296 e. The first kappa shape index (κ1) is 15.1. The van der Waals surface area contributed by atoms with Gasteiger partial charge >= 0.3 is 0 Å². The Morgan fingerprint density at radius 2 is 1.80 bits per heavy atom. The third-order valence-corrected chi connectivity index (χ3v) is 4.46. The van der Waals surface area contributed by atoms with Crippen LogP contribution < -0.4 is 0 Å². The summed E-state index contributed by atoms with van der Waals surface area (Å²) < 4.78 is 32.4. The topological polar surface area (TPSA) is 92.4 Å². The van der Waals surface area contributed by atoms with E-state index in [-0.39, 0.29) is 21.6 Å². The second-order valence-electron chi connectivity index (χ2n) is 4.15. The number of nitrogens with zero attached hydrogens (tertiary/aromatic N) is 2. The van der Waals surface area contributed by atoms with Crippen molar-refractivity contribution in [2.24, 2.45) is 0 Å². The van der Waals surface area contributed by atoms with Gasteiger partial charge in [-0.1, -0.05) is 23.2 Å². The lowest BCUT2D eigenvalue weighted by Gasteiger charge is -2.09. The molecule has 0 amide bonds. The van der Waals surface area contributed by atoms with Crippen molar-refractivity contribution < 1.29 is 18.1 Å². The Morgan fingerprint density at radius 1 is 1.20 bits per heavy atom. The number of aromatic hydroxyl groups is 1. The molecule has 6 nitrogen and oxygen atoms in total. The zero-order valence-electron chi connectivity index (χ0n) is 10.4. The number of hydrogen-bond acceptors (Lipinski definition) is 4. The van der Waals surface area contributed by atoms with Gasteiger partial charge in [0.1, 0.15) is 4.90 Å². The highest BCUT2D eigenvalue weighted by molar-refractivity contribution is 7.86. The number of halogens is 2. The minimum atomic E-state index is -4.48. The largest absolute Gasteiger partial charge is 0.493 e. The molecule has 0 saturated carbocycles. The Morgan fingerprint density at radius 3 is 2.25 bits per heavy atom. The van der Waals surface area contributed by atoms with Crippen LogP contribution in [0.15, 0.2) is 17.0 Å². The Bertz CT molecular complexity index is 799.